The van der Waals surface area contributed by atoms with Crippen LogP contribution < -0.4 is 0 Å². The summed E-state index contributed by atoms with van der Waals surface area (Å²) in [6, 6.07) is 0. The average Bonchev–Trinajstić information content (AvgIpc) is 3.10. The van der Waals surface area contributed by atoms with Crippen LogP contribution in [-0.4, -0.2) is 52.7 Å². The Morgan fingerprint density at radius 3 is 1.72 bits per heavy atom. The minimum absolute atomic E-state index is 0.0493. The molecule has 0 aromatic carbocycles. The lowest BCUT2D eigenvalue weighted by molar-refractivity contribution is -0.395. The van der Waals surface area contributed by atoms with Crippen molar-refractivity contribution in [1.29, 1.82) is 0 Å². The third kappa shape index (κ3) is 3.31. The first-order valence-corrected chi connectivity index (χ1v) is 12.0. The van der Waals surface area contributed by atoms with Crippen LogP contribution in [0.25, 0.3) is 0 Å². The standard InChI is InChI=1S/C23H32O9/c24-18(25)10-20(11-19(26)27)12-28-21(29-13-20)1-3-22(4-2-21)30-23(32-31-22)16-6-14-5-15(8-16)9-17(23)7-14/h14-17H,1-13H2,(H,24,25)(H,26,27). The molecule has 9 nitrogen and oxygen atoms in total. The average molecular weight is 453 g/mol. The molecule has 2 heterocycles. The van der Waals surface area contributed by atoms with Gasteiger partial charge in [0, 0.05) is 42.9 Å². The molecule has 0 unspecified atom stereocenters. The fourth-order valence-corrected chi connectivity index (χ4v) is 7.66. The third-order valence-electron chi connectivity index (χ3n) is 9.05. The molecule has 0 aromatic heterocycles. The van der Waals surface area contributed by atoms with E-state index in [1.165, 1.54) is 6.42 Å². The number of ether oxygens (including phenoxy) is 3. The number of hydrogen-bond donors (Lipinski definition) is 2. The maximum atomic E-state index is 11.3. The topological polar surface area (TPSA) is 121 Å². The van der Waals surface area contributed by atoms with Gasteiger partial charge in [-0.15, -0.1) is 0 Å². The Bertz CT molecular complexity index is 743. The molecule has 178 valence electrons. The smallest absolute Gasteiger partial charge is 0.304 e. The van der Waals surface area contributed by atoms with Crippen molar-refractivity contribution in [2.24, 2.45) is 29.1 Å². The van der Waals surface area contributed by atoms with Crippen LogP contribution in [-0.2, 0) is 33.6 Å². The van der Waals surface area contributed by atoms with Gasteiger partial charge in [-0.25, -0.2) is 0 Å². The van der Waals surface area contributed by atoms with Gasteiger partial charge in [0.25, 0.3) is 0 Å². The van der Waals surface area contributed by atoms with Gasteiger partial charge in [0.15, 0.2) is 5.79 Å². The molecule has 32 heavy (non-hydrogen) atoms. The lowest BCUT2D eigenvalue weighted by Crippen LogP contribution is -2.60. The largest absolute Gasteiger partial charge is 0.481 e. The van der Waals surface area contributed by atoms with Crippen LogP contribution in [0.15, 0.2) is 0 Å². The fraction of sp³-hybridized carbons (Fsp3) is 0.913. The Hall–Kier alpha value is -1.26. The highest BCUT2D eigenvalue weighted by molar-refractivity contribution is 5.72. The number of aliphatic carboxylic acids is 2. The zero-order chi connectivity index (χ0) is 22.2. The maximum Gasteiger partial charge on any atom is 0.304 e. The molecule has 0 atom stereocenters. The van der Waals surface area contributed by atoms with Crippen LogP contribution in [0.1, 0.15) is 70.6 Å². The van der Waals surface area contributed by atoms with E-state index in [0.29, 0.717) is 37.5 Å². The van der Waals surface area contributed by atoms with Crippen LogP contribution in [0.3, 0.4) is 0 Å². The molecule has 0 aromatic rings. The van der Waals surface area contributed by atoms with Crippen molar-refractivity contribution >= 4 is 11.9 Å². The van der Waals surface area contributed by atoms with Crippen LogP contribution >= 0.6 is 0 Å². The molecule has 2 N–H and O–H groups in total. The number of carboxylic acids is 2. The van der Waals surface area contributed by atoms with Gasteiger partial charge in [-0.05, 0) is 43.9 Å². The van der Waals surface area contributed by atoms with Crippen molar-refractivity contribution < 1.29 is 43.8 Å². The second-order valence-electron chi connectivity index (χ2n) is 11.3. The van der Waals surface area contributed by atoms with Crippen molar-refractivity contribution in [3.8, 4) is 0 Å². The molecule has 2 aliphatic heterocycles. The number of rotatable bonds is 4. The molecule has 7 fully saturated rings. The molecule has 7 aliphatic rings. The first-order valence-electron chi connectivity index (χ1n) is 12.0. The van der Waals surface area contributed by atoms with E-state index in [4.69, 9.17) is 24.0 Å². The minimum Gasteiger partial charge on any atom is -0.481 e. The summed E-state index contributed by atoms with van der Waals surface area (Å²) in [5, 5.41) is 18.5. The maximum absolute atomic E-state index is 11.3. The predicted molar refractivity (Wildman–Crippen MR) is 106 cm³/mol. The van der Waals surface area contributed by atoms with E-state index in [9.17, 15) is 19.8 Å². The van der Waals surface area contributed by atoms with Crippen LogP contribution in [0.4, 0.5) is 0 Å². The molecule has 7 rings (SSSR count). The van der Waals surface area contributed by atoms with Gasteiger partial charge in [-0.3, -0.25) is 9.59 Å². The van der Waals surface area contributed by atoms with Crippen molar-refractivity contribution in [1.82, 2.24) is 0 Å². The van der Waals surface area contributed by atoms with E-state index in [-0.39, 0.29) is 26.1 Å². The van der Waals surface area contributed by atoms with Gasteiger partial charge < -0.3 is 24.4 Å². The minimum atomic E-state index is -1.05. The molecule has 4 bridgehead atoms. The van der Waals surface area contributed by atoms with Crippen molar-refractivity contribution in [3.05, 3.63) is 0 Å². The third-order valence-corrected chi connectivity index (χ3v) is 9.05. The van der Waals surface area contributed by atoms with Crippen molar-refractivity contribution in [3.63, 3.8) is 0 Å². The van der Waals surface area contributed by atoms with E-state index in [0.717, 1.165) is 37.5 Å². The van der Waals surface area contributed by atoms with Crippen LogP contribution in [0.5, 0.6) is 0 Å². The zero-order valence-corrected chi connectivity index (χ0v) is 18.3. The van der Waals surface area contributed by atoms with E-state index in [2.05, 4.69) is 0 Å². The highest BCUT2D eigenvalue weighted by Crippen LogP contribution is 2.64. The molecule has 5 saturated carbocycles. The Morgan fingerprint density at radius 1 is 0.719 bits per heavy atom. The fourth-order valence-electron chi connectivity index (χ4n) is 7.66. The molecule has 9 heteroatoms. The van der Waals surface area contributed by atoms with E-state index < -0.39 is 34.7 Å². The Morgan fingerprint density at radius 2 is 1.22 bits per heavy atom. The SMILES string of the molecule is O=C(O)CC1(CC(=O)O)COC2(CCC3(CC2)OOC2(O3)C3CC4CC(C3)CC2C4)OC1. The number of carbonyl (C=O) groups is 2. The van der Waals surface area contributed by atoms with Crippen LogP contribution in [0.2, 0.25) is 0 Å². The summed E-state index contributed by atoms with van der Waals surface area (Å²) in [4.78, 5) is 34.6. The lowest BCUT2D eigenvalue weighted by atomic mass is 9.53. The van der Waals surface area contributed by atoms with Crippen molar-refractivity contribution in [2.45, 2.75) is 88.0 Å². The molecular weight excluding hydrogens is 420 g/mol. The lowest BCUT2D eigenvalue weighted by Gasteiger charge is -2.57. The highest BCUT2D eigenvalue weighted by atomic mass is 17.3. The summed E-state index contributed by atoms with van der Waals surface area (Å²) in [5.41, 5.74) is -1.05. The van der Waals surface area contributed by atoms with E-state index in [1.54, 1.807) is 0 Å². The Balaban J connectivity index is 1.11. The van der Waals surface area contributed by atoms with Gasteiger partial charge in [-0.1, -0.05) is 0 Å². The molecule has 2 saturated heterocycles. The Kier molecular flexibility index (Phi) is 4.74. The van der Waals surface area contributed by atoms with Gasteiger partial charge in [0.05, 0.1) is 26.1 Å². The molecular formula is C23H32O9. The summed E-state index contributed by atoms with van der Waals surface area (Å²) in [7, 11) is 0. The molecule has 3 spiro atoms. The quantitative estimate of drug-likeness (QED) is 0.620. The molecule has 0 radical (unpaired) electrons. The predicted octanol–water partition coefficient (Wildman–Crippen LogP) is 3.07. The van der Waals surface area contributed by atoms with Gasteiger partial charge >= 0.3 is 11.9 Å². The van der Waals surface area contributed by atoms with E-state index >= 15 is 0 Å². The summed E-state index contributed by atoms with van der Waals surface area (Å²) >= 11 is 0. The normalized spacial score (nSPS) is 42.6. The molecule has 0 amide bonds. The van der Waals surface area contributed by atoms with E-state index in [1.807, 2.05) is 0 Å². The second kappa shape index (κ2) is 7.12. The van der Waals surface area contributed by atoms with Gasteiger partial charge in [0.1, 0.15) is 0 Å². The van der Waals surface area contributed by atoms with Gasteiger partial charge in [0.2, 0.25) is 11.6 Å². The van der Waals surface area contributed by atoms with Crippen LogP contribution in [0, 0.1) is 29.1 Å². The molecule has 5 aliphatic carbocycles. The van der Waals surface area contributed by atoms with Gasteiger partial charge in [-0.2, -0.15) is 9.78 Å². The summed E-state index contributed by atoms with van der Waals surface area (Å²) in [5.74, 6) is -1.92. The monoisotopic (exact) mass is 452 g/mol. The first-order chi connectivity index (χ1) is 15.2. The first kappa shape index (κ1) is 21.3. The number of carboxylic acid groups (broad SMARTS) is 2. The van der Waals surface area contributed by atoms with Crippen molar-refractivity contribution in [2.75, 3.05) is 13.2 Å². The summed E-state index contributed by atoms with van der Waals surface area (Å²) < 4.78 is 18.8. The summed E-state index contributed by atoms with van der Waals surface area (Å²) in [6.07, 6.45) is 7.60. The summed E-state index contributed by atoms with van der Waals surface area (Å²) in [6.45, 7) is 0.0986. The second-order valence-corrected chi connectivity index (χ2v) is 11.3. The zero-order valence-electron chi connectivity index (χ0n) is 18.3. The Labute approximate surface area is 186 Å². The number of hydrogen-bond acceptors (Lipinski definition) is 7. The highest BCUT2D eigenvalue weighted by Gasteiger charge is 2.67.